The van der Waals surface area contributed by atoms with Crippen LogP contribution in [0.25, 0.3) is 0 Å². The molecule has 0 bridgehead atoms. The molecule has 0 radical (unpaired) electrons. The van der Waals surface area contributed by atoms with Crippen molar-refractivity contribution in [2.75, 3.05) is 26.2 Å². The normalized spacial score (nSPS) is 18.6. The summed E-state index contributed by atoms with van der Waals surface area (Å²) in [6, 6.07) is 0. The smallest absolute Gasteiger partial charge is 0.290 e. The van der Waals surface area contributed by atoms with Crippen LogP contribution in [0.5, 0.6) is 0 Å². The number of hydrogen-bond acceptors (Lipinski definition) is 5. The van der Waals surface area contributed by atoms with E-state index >= 15 is 0 Å². The van der Waals surface area contributed by atoms with Gasteiger partial charge in [0.15, 0.2) is 0 Å². The summed E-state index contributed by atoms with van der Waals surface area (Å²) in [5, 5.41) is 9.82. The average Bonchev–Trinajstić information content (AvgIpc) is 3.10. The van der Waals surface area contributed by atoms with Gasteiger partial charge in [-0.3, -0.25) is 19.4 Å². The first-order chi connectivity index (χ1) is 11.1. The molecule has 8 nitrogen and oxygen atoms in total. The van der Waals surface area contributed by atoms with Crippen molar-refractivity contribution in [1.82, 2.24) is 20.2 Å². The summed E-state index contributed by atoms with van der Waals surface area (Å²) in [6.07, 6.45) is 7.47. The quantitative estimate of drug-likeness (QED) is 0.661. The number of carbonyl (C=O) groups excluding carboxylic acids is 1. The number of nitrogens with one attached hydrogen (secondary N) is 2. The molecular weight excluding hydrogens is 300 g/mol. The molecule has 1 saturated carbocycles. The Morgan fingerprint density at radius 2 is 2.04 bits per heavy atom. The van der Waals surface area contributed by atoms with Crippen LogP contribution in [-0.4, -0.2) is 58.5 Å². The van der Waals surface area contributed by atoms with Gasteiger partial charge in [0.2, 0.25) is 0 Å². The molecule has 2 aliphatic rings. The van der Waals surface area contributed by atoms with E-state index in [1.54, 1.807) is 0 Å². The number of carboxylic acid groups (broad SMARTS) is 1. The number of amides is 1. The second-order valence-corrected chi connectivity index (χ2v) is 6.08. The number of rotatable bonds is 5. The zero-order chi connectivity index (χ0) is 16.7. The van der Waals surface area contributed by atoms with Crippen LogP contribution >= 0.6 is 0 Å². The van der Waals surface area contributed by atoms with Gasteiger partial charge in [-0.2, -0.15) is 0 Å². The molecule has 2 heterocycles. The van der Waals surface area contributed by atoms with Gasteiger partial charge in [0, 0.05) is 18.5 Å². The first-order valence-electron chi connectivity index (χ1n) is 7.71. The van der Waals surface area contributed by atoms with Gasteiger partial charge in [-0.05, 0) is 38.8 Å². The number of aromatic nitrogens is 2. The number of aromatic amines is 1. The predicted molar refractivity (Wildman–Crippen MR) is 83.2 cm³/mol. The van der Waals surface area contributed by atoms with Gasteiger partial charge in [-0.15, -0.1) is 0 Å². The minimum atomic E-state index is -0.351. The maximum atomic E-state index is 12.0. The van der Waals surface area contributed by atoms with Crippen molar-refractivity contribution in [3.8, 4) is 0 Å². The van der Waals surface area contributed by atoms with Crippen LogP contribution in [0.15, 0.2) is 17.2 Å². The number of likely N-dealkylation sites (tertiary alicyclic amines) is 1. The fourth-order valence-electron chi connectivity index (χ4n) is 2.84. The first kappa shape index (κ1) is 17.1. The molecule has 0 aromatic carbocycles. The van der Waals surface area contributed by atoms with E-state index < -0.39 is 0 Å². The fraction of sp³-hybridized carbons (Fsp3) is 0.600. The molecule has 1 aromatic rings. The van der Waals surface area contributed by atoms with Crippen molar-refractivity contribution in [3.63, 3.8) is 0 Å². The van der Waals surface area contributed by atoms with Crippen molar-refractivity contribution < 1.29 is 14.7 Å². The number of carbonyl (C=O) groups is 2. The lowest BCUT2D eigenvalue weighted by Crippen LogP contribution is -2.37. The van der Waals surface area contributed by atoms with Crippen molar-refractivity contribution >= 4 is 12.4 Å². The largest absolute Gasteiger partial charge is 0.483 e. The lowest BCUT2D eigenvalue weighted by molar-refractivity contribution is -0.122. The molecule has 1 saturated heterocycles. The Morgan fingerprint density at radius 1 is 1.39 bits per heavy atom. The van der Waals surface area contributed by atoms with E-state index in [2.05, 4.69) is 20.2 Å². The van der Waals surface area contributed by atoms with Gasteiger partial charge in [-0.1, -0.05) is 0 Å². The molecule has 23 heavy (non-hydrogen) atoms. The van der Waals surface area contributed by atoms with E-state index in [4.69, 9.17) is 9.90 Å². The van der Waals surface area contributed by atoms with Crippen LogP contribution in [0.3, 0.4) is 0 Å². The van der Waals surface area contributed by atoms with Gasteiger partial charge < -0.3 is 20.3 Å². The Hall–Kier alpha value is -2.22. The third kappa shape index (κ3) is 5.17. The maximum absolute atomic E-state index is 12.0. The summed E-state index contributed by atoms with van der Waals surface area (Å²) < 4.78 is 0. The molecule has 3 N–H and O–H groups in total. The van der Waals surface area contributed by atoms with E-state index in [0.29, 0.717) is 6.54 Å². The number of H-pyrrole nitrogens is 1. The molecule has 8 heteroatoms. The molecule has 0 unspecified atom stereocenters. The third-order valence-corrected chi connectivity index (χ3v) is 4.24. The van der Waals surface area contributed by atoms with Crippen LogP contribution < -0.4 is 10.9 Å². The van der Waals surface area contributed by atoms with Crippen molar-refractivity contribution in [1.29, 1.82) is 0 Å². The fourth-order valence-corrected chi connectivity index (χ4v) is 2.84. The summed E-state index contributed by atoms with van der Waals surface area (Å²) in [6.45, 7) is 3.88. The van der Waals surface area contributed by atoms with E-state index in [-0.39, 0.29) is 29.0 Å². The molecule has 1 amide bonds. The highest BCUT2D eigenvalue weighted by Crippen LogP contribution is 2.46. The number of nitrogens with zero attached hydrogens (tertiary/aromatic N) is 2. The SMILES string of the molecule is O=C(NCC1(CN2CCCC2)CC1)c1cncc(=O)[nH]1.O=CO. The Balaban J connectivity index is 0.000000595. The average molecular weight is 322 g/mol. The van der Waals surface area contributed by atoms with Crippen LogP contribution in [0.2, 0.25) is 0 Å². The Kier molecular flexibility index (Phi) is 5.86. The minimum Gasteiger partial charge on any atom is -0.483 e. The van der Waals surface area contributed by atoms with Gasteiger partial charge in [0.1, 0.15) is 5.69 Å². The molecule has 1 aliphatic heterocycles. The first-order valence-corrected chi connectivity index (χ1v) is 7.71. The molecular formula is C15H22N4O4. The molecule has 126 valence electrons. The van der Waals surface area contributed by atoms with Crippen LogP contribution in [0.1, 0.15) is 36.2 Å². The second kappa shape index (κ2) is 7.87. The van der Waals surface area contributed by atoms with E-state index in [9.17, 15) is 9.59 Å². The van der Waals surface area contributed by atoms with Gasteiger partial charge in [-0.25, -0.2) is 0 Å². The van der Waals surface area contributed by atoms with E-state index in [1.807, 2.05) is 0 Å². The topological polar surface area (TPSA) is 115 Å². The monoisotopic (exact) mass is 322 g/mol. The van der Waals surface area contributed by atoms with E-state index in [0.717, 1.165) is 12.7 Å². The summed E-state index contributed by atoms with van der Waals surface area (Å²) in [7, 11) is 0. The van der Waals surface area contributed by atoms with Gasteiger partial charge in [0.05, 0.1) is 12.4 Å². The number of hydrogen-bond donors (Lipinski definition) is 3. The minimum absolute atomic E-state index is 0.231. The predicted octanol–water partition coefficient (Wildman–Crippen LogP) is 0.0765. The lowest BCUT2D eigenvalue weighted by atomic mass is 10.1. The third-order valence-electron chi connectivity index (χ3n) is 4.24. The Bertz CT molecular complexity index is 591. The summed E-state index contributed by atoms with van der Waals surface area (Å²) in [5.74, 6) is -0.247. The molecule has 3 rings (SSSR count). The van der Waals surface area contributed by atoms with Gasteiger partial charge >= 0.3 is 0 Å². The zero-order valence-electron chi connectivity index (χ0n) is 13.0. The summed E-state index contributed by atoms with van der Waals surface area (Å²) >= 11 is 0. The molecule has 1 aliphatic carbocycles. The van der Waals surface area contributed by atoms with Crippen molar-refractivity contribution in [2.24, 2.45) is 5.41 Å². The van der Waals surface area contributed by atoms with Crippen LogP contribution in [0, 0.1) is 5.41 Å². The van der Waals surface area contributed by atoms with E-state index in [1.165, 1.54) is 45.0 Å². The highest BCUT2D eigenvalue weighted by molar-refractivity contribution is 5.91. The molecule has 0 atom stereocenters. The standard InChI is InChI=1S/C14H20N4O2.CH2O2/c19-12-8-15-7-11(17-12)13(20)16-9-14(3-4-14)10-18-5-1-2-6-18;2-1-3/h7-8H,1-6,9-10H2,(H,16,20)(H,17,19);1H,(H,2,3). The van der Waals surface area contributed by atoms with Crippen LogP contribution in [-0.2, 0) is 4.79 Å². The summed E-state index contributed by atoms with van der Waals surface area (Å²) in [5.41, 5.74) is 0.132. The molecule has 0 spiro atoms. The summed E-state index contributed by atoms with van der Waals surface area (Å²) in [4.78, 5) is 40.2. The van der Waals surface area contributed by atoms with Crippen molar-refractivity contribution in [2.45, 2.75) is 25.7 Å². The maximum Gasteiger partial charge on any atom is 0.290 e. The zero-order valence-corrected chi connectivity index (χ0v) is 13.0. The van der Waals surface area contributed by atoms with Gasteiger partial charge in [0.25, 0.3) is 17.9 Å². The molecule has 2 fully saturated rings. The Labute approximate surface area is 133 Å². The lowest BCUT2D eigenvalue weighted by Gasteiger charge is -2.23. The highest BCUT2D eigenvalue weighted by atomic mass is 16.3. The molecule has 1 aromatic heterocycles. The Morgan fingerprint density at radius 3 is 2.61 bits per heavy atom. The second-order valence-electron chi connectivity index (χ2n) is 6.08. The van der Waals surface area contributed by atoms with Crippen LogP contribution in [0.4, 0.5) is 0 Å². The van der Waals surface area contributed by atoms with Crippen molar-refractivity contribution in [3.05, 3.63) is 28.4 Å². The highest BCUT2D eigenvalue weighted by Gasteiger charge is 2.44.